The molecular weight excluding hydrogens is 420 g/mol. The van der Waals surface area contributed by atoms with Gasteiger partial charge in [-0.25, -0.2) is 4.98 Å². The second kappa shape index (κ2) is 8.73. The Bertz CT molecular complexity index is 1380. The average Bonchev–Trinajstić information content (AvgIpc) is 3.17. The number of benzene rings is 2. The molecule has 1 saturated heterocycles. The normalized spacial score (nSPS) is 19.9. The first-order chi connectivity index (χ1) is 16.7. The number of hydrogen-bond acceptors (Lipinski definition) is 4. The van der Waals surface area contributed by atoms with Crippen molar-refractivity contribution in [2.24, 2.45) is 0 Å². The molecule has 0 N–H and O–H groups in total. The van der Waals surface area contributed by atoms with Crippen LogP contribution in [0, 0.1) is 6.92 Å². The van der Waals surface area contributed by atoms with Crippen LogP contribution in [-0.2, 0) is 13.0 Å². The second-order valence-corrected chi connectivity index (χ2v) is 9.60. The lowest BCUT2D eigenvalue weighted by Gasteiger charge is -2.39. The standard InChI is InChI=1S/C29H30N4O/c1-21-23(29(34)32-16-8-7-13-28(32)30-21)14-17-31-18-15-27-25(20-31)24-11-5-6-12-26(24)33(27)19-22-9-3-2-4-10-22/h2-13,16,25,27H,14-15,17-20H2,1H3/t25-,27-/m1/s1. The summed E-state index contributed by atoms with van der Waals surface area (Å²) in [5, 5.41) is 0. The highest BCUT2D eigenvalue weighted by Crippen LogP contribution is 2.45. The van der Waals surface area contributed by atoms with E-state index in [1.54, 1.807) is 4.40 Å². The second-order valence-electron chi connectivity index (χ2n) is 9.60. The molecule has 4 aromatic rings. The minimum absolute atomic E-state index is 0.0678. The van der Waals surface area contributed by atoms with Gasteiger partial charge in [-0.2, -0.15) is 0 Å². The molecule has 2 atom stereocenters. The van der Waals surface area contributed by atoms with Crippen molar-refractivity contribution in [3.63, 3.8) is 0 Å². The molecule has 0 spiro atoms. The number of aromatic nitrogens is 2. The van der Waals surface area contributed by atoms with Gasteiger partial charge in [0.05, 0.1) is 0 Å². The third-order valence-corrected chi connectivity index (χ3v) is 7.61. The summed E-state index contributed by atoms with van der Waals surface area (Å²) in [7, 11) is 0. The number of anilines is 1. The Morgan fingerprint density at radius 3 is 2.65 bits per heavy atom. The maximum absolute atomic E-state index is 13.1. The number of pyridine rings is 1. The third-order valence-electron chi connectivity index (χ3n) is 7.61. The van der Waals surface area contributed by atoms with Crippen molar-refractivity contribution in [3.05, 3.63) is 112 Å². The van der Waals surface area contributed by atoms with E-state index in [1.165, 1.54) is 16.8 Å². The van der Waals surface area contributed by atoms with Crippen LogP contribution in [0.1, 0.15) is 34.7 Å². The number of para-hydroxylation sites is 1. The van der Waals surface area contributed by atoms with E-state index in [4.69, 9.17) is 0 Å². The lowest BCUT2D eigenvalue weighted by molar-refractivity contribution is 0.194. The van der Waals surface area contributed by atoms with Crippen LogP contribution in [0.3, 0.4) is 0 Å². The van der Waals surface area contributed by atoms with Gasteiger partial charge in [-0.05, 0) is 49.1 Å². The molecule has 2 aromatic carbocycles. The van der Waals surface area contributed by atoms with Gasteiger partial charge in [0.25, 0.3) is 5.56 Å². The largest absolute Gasteiger partial charge is 0.363 e. The Morgan fingerprint density at radius 1 is 0.971 bits per heavy atom. The zero-order chi connectivity index (χ0) is 23.1. The van der Waals surface area contributed by atoms with Crippen molar-refractivity contribution in [2.75, 3.05) is 24.5 Å². The first-order valence-corrected chi connectivity index (χ1v) is 12.3. The molecule has 4 heterocycles. The molecule has 2 aliphatic heterocycles. The van der Waals surface area contributed by atoms with Gasteiger partial charge in [0.15, 0.2) is 0 Å². The number of aryl methyl sites for hydroxylation is 1. The number of rotatable bonds is 5. The van der Waals surface area contributed by atoms with Crippen molar-refractivity contribution in [3.8, 4) is 0 Å². The van der Waals surface area contributed by atoms with Crippen molar-refractivity contribution in [1.29, 1.82) is 0 Å². The molecule has 0 radical (unpaired) electrons. The summed E-state index contributed by atoms with van der Waals surface area (Å²) in [6.07, 6.45) is 3.69. The average molecular weight is 451 g/mol. The van der Waals surface area contributed by atoms with Gasteiger partial charge in [0.2, 0.25) is 0 Å². The molecule has 6 rings (SSSR count). The lowest BCUT2D eigenvalue weighted by Crippen LogP contribution is -2.46. The minimum atomic E-state index is 0.0678. The van der Waals surface area contributed by atoms with Crippen LogP contribution in [-0.4, -0.2) is 40.0 Å². The minimum Gasteiger partial charge on any atom is -0.363 e. The Labute approximate surface area is 200 Å². The molecule has 172 valence electrons. The van der Waals surface area contributed by atoms with E-state index in [0.717, 1.165) is 55.9 Å². The topological polar surface area (TPSA) is 40.9 Å². The number of fused-ring (bicyclic) bond motifs is 4. The molecule has 5 nitrogen and oxygen atoms in total. The molecule has 0 amide bonds. The van der Waals surface area contributed by atoms with E-state index < -0.39 is 0 Å². The predicted molar refractivity (Wildman–Crippen MR) is 137 cm³/mol. The van der Waals surface area contributed by atoms with Gasteiger partial charge >= 0.3 is 0 Å². The van der Waals surface area contributed by atoms with Gasteiger partial charge in [-0.15, -0.1) is 0 Å². The number of likely N-dealkylation sites (tertiary alicyclic amines) is 1. The summed E-state index contributed by atoms with van der Waals surface area (Å²) in [5.41, 5.74) is 6.69. The molecule has 0 unspecified atom stereocenters. The fourth-order valence-corrected chi connectivity index (χ4v) is 5.91. The Kier molecular flexibility index (Phi) is 5.42. The van der Waals surface area contributed by atoms with E-state index >= 15 is 0 Å². The summed E-state index contributed by atoms with van der Waals surface area (Å²) < 4.78 is 1.67. The molecule has 2 aromatic heterocycles. The maximum Gasteiger partial charge on any atom is 0.261 e. The fourth-order valence-electron chi connectivity index (χ4n) is 5.91. The van der Waals surface area contributed by atoms with Crippen LogP contribution in [0.15, 0.2) is 83.8 Å². The van der Waals surface area contributed by atoms with Crippen LogP contribution in [0.4, 0.5) is 5.69 Å². The summed E-state index contributed by atoms with van der Waals surface area (Å²) in [6.45, 7) is 5.90. The predicted octanol–water partition coefficient (Wildman–Crippen LogP) is 4.42. The summed E-state index contributed by atoms with van der Waals surface area (Å²) in [4.78, 5) is 22.9. The first-order valence-electron chi connectivity index (χ1n) is 12.3. The van der Waals surface area contributed by atoms with Gasteiger partial charge in [-0.1, -0.05) is 54.6 Å². The smallest absolute Gasteiger partial charge is 0.261 e. The molecule has 1 fully saturated rings. The summed E-state index contributed by atoms with van der Waals surface area (Å²) in [5.74, 6) is 0.505. The van der Waals surface area contributed by atoms with E-state index in [1.807, 2.05) is 31.3 Å². The molecule has 5 heteroatoms. The van der Waals surface area contributed by atoms with Crippen molar-refractivity contribution < 1.29 is 0 Å². The van der Waals surface area contributed by atoms with E-state index in [-0.39, 0.29) is 5.56 Å². The molecule has 34 heavy (non-hydrogen) atoms. The number of hydrogen-bond donors (Lipinski definition) is 0. The monoisotopic (exact) mass is 450 g/mol. The van der Waals surface area contributed by atoms with Gasteiger partial charge < -0.3 is 9.80 Å². The highest BCUT2D eigenvalue weighted by molar-refractivity contribution is 5.62. The Hall–Kier alpha value is -3.44. The van der Waals surface area contributed by atoms with Crippen LogP contribution in [0.25, 0.3) is 5.65 Å². The molecule has 0 bridgehead atoms. The van der Waals surface area contributed by atoms with Gasteiger partial charge in [0, 0.05) is 61.3 Å². The number of nitrogens with zero attached hydrogens (tertiary/aromatic N) is 4. The van der Waals surface area contributed by atoms with Crippen molar-refractivity contribution in [1.82, 2.24) is 14.3 Å². The summed E-state index contributed by atoms with van der Waals surface area (Å²) in [6, 6.07) is 26.0. The SMILES string of the molecule is Cc1nc2ccccn2c(=O)c1CCN1CC[C@@H]2[C@H](C1)c1ccccc1N2Cc1ccccc1. The Morgan fingerprint density at radius 2 is 1.76 bits per heavy atom. The molecular formula is C29H30N4O. The van der Waals surface area contributed by atoms with Crippen LogP contribution >= 0.6 is 0 Å². The zero-order valence-electron chi connectivity index (χ0n) is 19.6. The van der Waals surface area contributed by atoms with Crippen LogP contribution < -0.4 is 10.5 Å². The fraction of sp³-hybridized carbons (Fsp3) is 0.310. The molecule has 2 aliphatic rings. The molecule has 0 aliphatic carbocycles. The maximum atomic E-state index is 13.1. The third kappa shape index (κ3) is 3.70. The van der Waals surface area contributed by atoms with E-state index in [0.29, 0.717) is 12.0 Å². The quantitative estimate of drug-likeness (QED) is 0.451. The van der Waals surface area contributed by atoms with Gasteiger partial charge in [-0.3, -0.25) is 9.20 Å². The van der Waals surface area contributed by atoms with Crippen LogP contribution in [0.2, 0.25) is 0 Å². The Balaban J connectivity index is 1.21. The van der Waals surface area contributed by atoms with Crippen molar-refractivity contribution >= 4 is 11.3 Å². The van der Waals surface area contributed by atoms with E-state index in [2.05, 4.69) is 69.4 Å². The van der Waals surface area contributed by atoms with Crippen LogP contribution in [0.5, 0.6) is 0 Å². The van der Waals surface area contributed by atoms with Crippen molar-refractivity contribution in [2.45, 2.75) is 38.3 Å². The first kappa shape index (κ1) is 21.1. The lowest BCUT2D eigenvalue weighted by atomic mass is 9.89. The molecule has 0 saturated carbocycles. The zero-order valence-corrected chi connectivity index (χ0v) is 19.6. The highest BCUT2D eigenvalue weighted by atomic mass is 16.1. The number of piperidine rings is 1. The van der Waals surface area contributed by atoms with E-state index in [9.17, 15) is 4.79 Å². The highest BCUT2D eigenvalue weighted by Gasteiger charge is 2.41. The van der Waals surface area contributed by atoms with Gasteiger partial charge in [0.1, 0.15) is 5.65 Å². The summed E-state index contributed by atoms with van der Waals surface area (Å²) >= 11 is 0.